The molecule has 0 radical (unpaired) electrons. The summed E-state index contributed by atoms with van der Waals surface area (Å²) in [5, 5.41) is 9.04. The number of aliphatic imine (C=N–C) groups is 1. The van der Waals surface area contributed by atoms with E-state index in [1.807, 2.05) is 0 Å². The Balaban J connectivity index is 6.34. The van der Waals surface area contributed by atoms with Gasteiger partial charge in [0.2, 0.25) is 5.54 Å². The van der Waals surface area contributed by atoms with Gasteiger partial charge in [-0.05, 0) is 13.8 Å². The molecule has 162 valence electrons. The van der Waals surface area contributed by atoms with Crippen LogP contribution in [0.15, 0.2) is 4.99 Å². The maximum atomic E-state index is 12.8. The second-order valence-electron chi connectivity index (χ2n) is 5.97. The minimum absolute atomic E-state index is 0.972. The summed E-state index contributed by atoms with van der Waals surface area (Å²) in [6.07, 6.45) is -30.8. The van der Waals surface area contributed by atoms with Crippen LogP contribution in [0.2, 0.25) is 0 Å². The lowest BCUT2D eigenvalue weighted by Crippen LogP contribution is -2.65. The lowest BCUT2D eigenvalue weighted by Gasteiger charge is -2.37. The second-order valence-corrected chi connectivity index (χ2v) is 5.97. The molecule has 0 saturated carbocycles. The molecule has 0 aliphatic carbocycles. The third kappa shape index (κ3) is 5.39. The Morgan fingerprint density at radius 1 is 0.741 bits per heavy atom. The van der Waals surface area contributed by atoms with Gasteiger partial charge in [0.05, 0.1) is 0 Å². The van der Waals surface area contributed by atoms with Crippen molar-refractivity contribution in [2.45, 2.75) is 68.6 Å². The van der Waals surface area contributed by atoms with E-state index in [0.29, 0.717) is 0 Å². The van der Waals surface area contributed by atoms with E-state index in [-0.39, 0.29) is 0 Å². The number of nitrogens with zero attached hydrogens (tertiary/aromatic N) is 1. The minimum atomic E-state index is -6.46. The fraction of sp³-hybridized carbons (Fsp3) is 0.917. The zero-order chi connectivity index (χ0) is 22.3. The number of rotatable bonds is 5. The Bertz CT molecular complexity index is 471. The average molecular weight is 430 g/mol. The molecule has 0 aromatic rings. The summed E-state index contributed by atoms with van der Waals surface area (Å²) in [7, 11) is 0. The van der Waals surface area contributed by atoms with E-state index in [1.165, 1.54) is 0 Å². The molecule has 0 aromatic heterocycles. The van der Waals surface area contributed by atoms with E-state index >= 15 is 0 Å². The lowest BCUT2D eigenvalue weighted by molar-refractivity contribution is -0.365. The molecule has 27 heavy (non-hydrogen) atoms. The standard InChI is InChI=1S/C12H14F12N2O/c1-5(2)26-6(3-7(25,9(13,14)15)10(16,17)18)4-8(27,11(19,20)21)12(22,23)24/h5,27H,3-4,25H2,1-2H3. The first-order valence-electron chi connectivity index (χ1n) is 6.83. The maximum absolute atomic E-state index is 12.8. The van der Waals surface area contributed by atoms with Crippen molar-refractivity contribution in [1.82, 2.24) is 0 Å². The van der Waals surface area contributed by atoms with Gasteiger partial charge >= 0.3 is 24.7 Å². The Kier molecular flexibility index (Phi) is 6.96. The van der Waals surface area contributed by atoms with Crippen molar-refractivity contribution in [2.75, 3.05) is 0 Å². The molecule has 0 spiro atoms. The smallest absolute Gasteiger partial charge is 0.373 e. The first-order chi connectivity index (χ1) is 11.5. The van der Waals surface area contributed by atoms with Crippen molar-refractivity contribution >= 4 is 5.71 Å². The van der Waals surface area contributed by atoms with Crippen molar-refractivity contribution in [2.24, 2.45) is 10.7 Å². The normalized spacial score (nSPS) is 16.3. The molecule has 0 aromatic carbocycles. The molecule has 15 heteroatoms. The van der Waals surface area contributed by atoms with Gasteiger partial charge in [-0.2, -0.15) is 52.7 Å². The molecular formula is C12H14F12N2O. The van der Waals surface area contributed by atoms with Crippen LogP contribution in [0.25, 0.3) is 0 Å². The molecule has 0 aliphatic rings. The maximum Gasteiger partial charge on any atom is 0.426 e. The predicted octanol–water partition coefficient (Wildman–Crippen LogP) is 4.29. The van der Waals surface area contributed by atoms with E-state index in [2.05, 4.69) is 10.7 Å². The Morgan fingerprint density at radius 3 is 1.30 bits per heavy atom. The quantitative estimate of drug-likeness (QED) is 0.505. The number of hydrogen-bond acceptors (Lipinski definition) is 3. The van der Waals surface area contributed by atoms with Crippen LogP contribution in [0.5, 0.6) is 0 Å². The van der Waals surface area contributed by atoms with Gasteiger partial charge in [-0.1, -0.05) is 0 Å². The number of hydrogen-bond donors (Lipinski definition) is 2. The predicted molar refractivity (Wildman–Crippen MR) is 67.9 cm³/mol. The van der Waals surface area contributed by atoms with Crippen LogP contribution in [0, 0.1) is 0 Å². The van der Waals surface area contributed by atoms with Crippen molar-refractivity contribution < 1.29 is 57.8 Å². The summed E-state index contributed by atoms with van der Waals surface area (Å²) in [5.41, 5.74) is -8.35. The van der Waals surface area contributed by atoms with E-state index in [1.54, 1.807) is 0 Å². The van der Waals surface area contributed by atoms with Crippen molar-refractivity contribution in [3.8, 4) is 0 Å². The largest absolute Gasteiger partial charge is 0.426 e. The molecular weight excluding hydrogens is 416 g/mol. The van der Waals surface area contributed by atoms with Gasteiger partial charge in [0.1, 0.15) is 0 Å². The van der Waals surface area contributed by atoms with E-state index in [4.69, 9.17) is 5.11 Å². The van der Waals surface area contributed by atoms with Gasteiger partial charge in [-0.15, -0.1) is 0 Å². The molecule has 0 saturated heterocycles. The topological polar surface area (TPSA) is 58.6 Å². The summed E-state index contributed by atoms with van der Waals surface area (Å²) in [4.78, 5) is 2.98. The highest BCUT2D eigenvalue weighted by molar-refractivity contribution is 5.87. The third-order valence-corrected chi connectivity index (χ3v) is 3.33. The molecule has 0 bridgehead atoms. The van der Waals surface area contributed by atoms with Crippen LogP contribution < -0.4 is 5.73 Å². The van der Waals surface area contributed by atoms with Crippen LogP contribution in [0.4, 0.5) is 52.7 Å². The second kappa shape index (κ2) is 7.29. The molecule has 0 aliphatic heterocycles. The average Bonchev–Trinajstić information content (AvgIpc) is 2.31. The zero-order valence-corrected chi connectivity index (χ0v) is 13.5. The van der Waals surface area contributed by atoms with Crippen molar-refractivity contribution in [1.29, 1.82) is 0 Å². The monoisotopic (exact) mass is 430 g/mol. The Morgan fingerprint density at radius 2 is 1.07 bits per heavy atom. The lowest BCUT2D eigenvalue weighted by atomic mass is 9.85. The van der Waals surface area contributed by atoms with Gasteiger partial charge < -0.3 is 10.8 Å². The van der Waals surface area contributed by atoms with Crippen LogP contribution in [-0.2, 0) is 0 Å². The Labute approximate surface area is 144 Å². The highest BCUT2D eigenvalue weighted by atomic mass is 19.4. The van der Waals surface area contributed by atoms with E-state index in [9.17, 15) is 52.7 Å². The molecule has 0 atom stereocenters. The van der Waals surface area contributed by atoms with Crippen LogP contribution in [-0.4, -0.2) is 52.7 Å². The van der Waals surface area contributed by atoms with E-state index < -0.39 is 60.4 Å². The highest BCUT2D eigenvalue weighted by Crippen LogP contribution is 2.48. The van der Waals surface area contributed by atoms with Crippen molar-refractivity contribution in [3.63, 3.8) is 0 Å². The SMILES string of the molecule is CC(C)N=C(CC(N)(C(F)(F)F)C(F)(F)F)CC(O)(C(F)(F)F)C(F)(F)F. The summed E-state index contributed by atoms with van der Waals surface area (Å²) in [5.74, 6) is 0. The Hall–Kier alpha value is -1.25. The molecule has 0 fully saturated rings. The summed E-state index contributed by atoms with van der Waals surface area (Å²) in [6.45, 7) is 1.94. The van der Waals surface area contributed by atoms with Crippen LogP contribution in [0.1, 0.15) is 26.7 Å². The molecule has 3 N–H and O–H groups in total. The fourth-order valence-electron chi connectivity index (χ4n) is 1.86. The van der Waals surface area contributed by atoms with Gasteiger partial charge in [0.15, 0.2) is 0 Å². The van der Waals surface area contributed by atoms with Gasteiger partial charge in [0.25, 0.3) is 5.60 Å². The number of halogens is 12. The number of nitrogens with two attached hydrogens (primary N) is 1. The summed E-state index contributed by atoms with van der Waals surface area (Å²) < 4.78 is 153. The highest BCUT2D eigenvalue weighted by Gasteiger charge is 2.72. The van der Waals surface area contributed by atoms with Gasteiger partial charge in [0, 0.05) is 24.6 Å². The van der Waals surface area contributed by atoms with Gasteiger partial charge in [-0.25, -0.2) is 0 Å². The third-order valence-electron chi connectivity index (χ3n) is 3.33. The summed E-state index contributed by atoms with van der Waals surface area (Å²) >= 11 is 0. The van der Waals surface area contributed by atoms with Gasteiger partial charge in [-0.3, -0.25) is 4.99 Å². The molecule has 0 rings (SSSR count). The molecule has 0 unspecified atom stereocenters. The molecule has 3 nitrogen and oxygen atoms in total. The number of aliphatic hydroxyl groups is 1. The van der Waals surface area contributed by atoms with Crippen molar-refractivity contribution in [3.05, 3.63) is 0 Å². The molecule has 0 amide bonds. The first-order valence-corrected chi connectivity index (χ1v) is 6.83. The summed E-state index contributed by atoms with van der Waals surface area (Å²) in [6, 6.07) is -1.29. The minimum Gasteiger partial charge on any atom is -0.373 e. The zero-order valence-electron chi connectivity index (χ0n) is 13.5. The van der Waals surface area contributed by atoms with Crippen LogP contribution >= 0.6 is 0 Å². The fourth-order valence-corrected chi connectivity index (χ4v) is 1.86. The molecule has 0 heterocycles. The first kappa shape index (κ1) is 25.8. The van der Waals surface area contributed by atoms with Crippen LogP contribution in [0.3, 0.4) is 0 Å². The van der Waals surface area contributed by atoms with E-state index in [0.717, 1.165) is 13.8 Å². The number of alkyl halides is 12.